The largest absolute Gasteiger partial charge is 0.370 e. The van der Waals surface area contributed by atoms with Gasteiger partial charge in [0.25, 0.3) is 0 Å². The highest BCUT2D eigenvalue weighted by molar-refractivity contribution is 5.23. The van der Waals surface area contributed by atoms with Crippen LogP contribution in [0.2, 0.25) is 0 Å². The first-order valence-electron chi connectivity index (χ1n) is 6.84. The van der Waals surface area contributed by atoms with E-state index in [1.54, 1.807) is 0 Å². The second kappa shape index (κ2) is 5.45. The number of hydrogen-bond donors (Lipinski definition) is 1. The molecule has 2 N–H and O–H groups in total. The first-order chi connectivity index (χ1) is 9.31. The highest BCUT2D eigenvalue weighted by atomic mass is 15.2. The molecule has 1 atom stereocenters. The van der Waals surface area contributed by atoms with Gasteiger partial charge >= 0.3 is 0 Å². The lowest BCUT2D eigenvalue weighted by Gasteiger charge is -2.27. The molecule has 19 heavy (non-hydrogen) atoms. The third-order valence-corrected chi connectivity index (χ3v) is 3.67. The molecule has 1 saturated heterocycles. The third-order valence-electron chi connectivity index (χ3n) is 3.67. The van der Waals surface area contributed by atoms with Crippen LogP contribution in [-0.4, -0.2) is 40.5 Å². The Kier molecular flexibility index (Phi) is 3.51. The molecule has 0 saturated carbocycles. The summed E-state index contributed by atoms with van der Waals surface area (Å²) in [6, 6.07) is 6.38. The summed E-state index contributed by atoms with van der Waals surface area (Å²) in [5.74, 6) is 0. The van der Waals surface area contributed by atoms with Crippen LogP contribution in [0.15, 0.2) is 48.4 Å². The van der Waals surface area contributed by atoms with E-state index in [9.17, 15) is 0 Å². The summed E-state index contributed by atoms with van der Waals surface area (Å²) in [5, 5.41) is 0. The van der Waals surface area contributed by atoms with Crippen molar-refractivity contribution in [2.24, 2.45) is 5.73 Å². The van der Waals surface area contributed by atoms with E-state index in [0.29, 0.717) is 6.04 Å². The number of likely N-dealkylation sites (tertiary alicyclic amines) is 1. The van der Waals surface area contributed by atoms with E-state index in [1.165, 1.54) is 5.70 Å². The zero-order valence-corrected chi connectivity index (χ0v) is 11.1. The third kappa shape index (κ3) is 2.96. The molecular weight excluding hydrogens is 236 g/mol. The van der Waals surface area contributed by atoms with Crippen LogP contribution in [0.4, 0.5) is 0 Å². The maximum absolute atomic E-state index is 5.95. The zero-order chi connectivity index (χ0) is 13.1. The molecule has 1 aromatic heterocycles. The Morgan fingerprint density at radius 1 is 1.37 bits per heavy atom. The molecule has 3 rings (SSSR count). The summed E-state index contributed by atoms with van der Waals surface area (Å²) in [6.45, 7) is 3.86. The van der Waals surface area contributed by atoms with Crippen molar-refractivity contribution in [1.29, 1.82) is 0 Å². The normalized spacial score (nSPS) is 22.8. The summed E-state index contributed by atoms with van der Waals surface area (Å²) < 4.78 is 0. The maximum Gasteiger partial charge on any atom is 0.0600 e. The van der Waals surface area contributed by atoms with Crippen molar-refractivity contribution < 1.29 is 0 Å². The molecule has 0 radical (unpaired) electrons. The standard InChI is InChI=1S/C15H20N4/c16-13-4-10-19(11-13)15-5-8-18(9-6-15)12-14-3-1-2-7-17-14/h1-3,5-8,13H,4,9-12,16H2/t13-/m0/s1. The fourth-order valence-electron chi connectivity index (χ4n) is 2.59. The Hall–Kier alpha value is -1.81. The monoisotopic (exact) mass is 256 g/mol. The molecule has 1 fully saturated rings. The van der Waals surface area contributed by atoms with Crippen molar-refractivity contribution in [2.75, 3.05) is 19.6 Å². The number of aromatic nitrogens is 1. The van der Waals surface area contributed by atoms with Gasteiger partial charge in [0.15, 0.2) is 0 Å². The average molecular weight is 256 g/mol. The number of pyridine rings is 1. The van der Waals surface area contributed by atoms with Crippen molar-refractivity contribution in [3.8, 4) is 0 Å². The Bertz CT molecular complexity index is 480. The van der Waals surface area contributed by atoms with Crippen LogP contribution in [0.5, 0.6) is 0 Å². The number of allylic oxidation sites excluding steroid dienone is 1. The second-order valence-corrected chi connectivity index (χ2v) is 5.19. The predicted molar refractivity (Wildman–Crippen MR) is 76.0 cm³/mol. The minimum atomic E-state index is 0.334. The summed E-state index contributed by atoms with van der Waals surface area (Å²) in [6.07, 6.45) is 9.57. The van der Waals surface area contributed by atoms with E-state index in [1.807, 2.05) is 18.3 Å². The van der Waals surface area contributed by atoms with Gasteiger partial charge in [-0.3, -0.25) is 4.98 Å². The van der Waals surface area contributed by atoms with E-state index in [2.05, 4.69) is 39.2 Å². The number of nitrogens with zero attached hydrogens (tertiary/aromatic N) is 3. The van der Waals surface area contributed by atoms with Crippen LogP contribution in [0.1, 0.15) is 12.1 Å². The summed E-state index contributed by atoms with van der Waals surface area (Å²) in [4.78, 5) is 9.00. The van der Waals surface area contributed by atoms with Crippen molar-refractivity contribution in [2.45, 2.75) is 19.0 Å². The molecule has 4 nitrogen and oxygen atoms in total. The van der Waals surface area contributed by atoms with Gasteiger partial charge in [-0.1, -0.05) is 6.07 Å². The molecule has 100 valence electrons. The van der Waals surface area contributed by atoms with Gasteiger partial charge in [-0.25, -0.2) is 0 Å². The quantitative estimate of drug-likeness (QED) is 0.886. The van der Waals surface area contributed by atoms with E-state index in [0.717, 1.165) is 38.3 Å². The van der Waals surface area contributed by atoms with Crippen LogP contribution < -0.4 is 5.73 Å². The topological polar surface area (TPSA) is 45.4 Å². The van der Waals surface area contributed by atoms with Crippen LogP contribution in [0.3, 0.4) is 0 Å². The smallest absolute Gasteiger partial charge is 0.0600 e. The van der Waals surface area contributed by atoms with Gasteiger partial charge in [0.2, 0.25) is 0 Å². The number of hydrogen-bond acceptors (Lipinski definition) is 4. The molecule has 4 heteroatoms. The molecule has 3 heterocycles. The first kappa shape index (κ1) is 12.2. The van der Waals surface area contributed by atoms with Gasteiger partial charge in [0.05, 0.1) is 12.2 Å². The van der Waals surface area contributed by atoms with Crippen molar-refractivity contribution >= 4 is 0 Å². The lowest BCUT2D eigenvalue weighted by atomic mass is 10.2. The number of rotatable bonds is 3. The van der Waals surface area contributed by atoms with Gasteiger partial charge in [0.1, 0.15) is 0 Å². The van der Waals surface area contributed by atoms with Crippen LogP contribution >= 0.6 is 0 Å². The molecule has 0 unspecified atom stereocenters. The summed E-state index contributed by atoms with van der Waals surface area (Å²) in [7, 11) is 0. The van der Waals surface area contributed by atoms with E-state index < -0.39 is 0 Å². The fraction of sp³-hybridized carbons (Fsp3) is 0.400. The van der Waals surface area contributed by atoms with E-state index >= 15 is 0 Å². The SMILES string of the molecule is N[C@H]1CCN(C2=CCN(Cc3ccccn3)C=C2)C1. The van der Waals surface area contributed by atoms with Gasteiger partial charge in [0, 0.05) is 43.8 Å². The van der Waals surface area contributed by atoms with Gasteiger partial charge < -0.3 is 15.5 Å². The maximum atomic E-state index is 5.95. The van der Waals surface area contributed by atoms with E-state index in [-0.39, 0.29) is 0 Å². The Morgan fingerprint density at radius 3 is 2.95 bits per heavy atom. The van der Waals surface area contributed by atoms with E-state index in [4.69, 9.17) is 5.73 Å². The lowest BCUT2D eigenvalue weighted by molar-refractivity contribution is 0.374. The Morgan fingerprint density at radius 2 is 2.32 bits per heavy atom. The zero-order valence-electron chi connectivity index (χ0n) is 11.1. The minimum Gasteiger partial charge on any atom is -0.370 e. The Labute approximate surface area is 114 Å². The van der Waals surface area contributed by atoms with Gasteiger partial charge in [-0.05, 0) is 30.7 Å². The van der Waals surface area contributed by atoms with Crippen LogP contribution in [-0.2, 0) is 6.54 Å². The molecule has 0 spiro atoms. The second-order valence-electron chi connectivity index (χ2n) is 5.19. The van der Waals surface area contributed by atoms with Gasteiger partial charge in [-0.2, -0.15) is 0 Å². The summed E-state index contributed by atoms with van der Waals surface area (Å²) in [5.41, 5.74) is 8.36. The Balaban J connectivity index is 1.57. The molecule has 0 bridgehead atoms. The van der Waals surface area contributed by atoms with Crippen molar-refractivity contribution in [1.82, 2.24) is 14.8 Å². The lowest BCUT2D eigenvalue weighted by Crippen LogP contribution is -2.28. The van der Waals surface area contributed by atoms with Crippen molar-refractivity contribution in [3.63, 3.8) is 0 Å². The van der Waals surface area contributed by atoms with Crippen LogP contribution in [0, 0.1) is 0 Å². The minimum absolute atomic E-state index is 0.334. The first-order valence-corrected chi connectivity index (χ1v) is 6.84. The highest BCUT2D eigenvalue weighted by Crippen LogP contribution is 2.18. The molecule has 0 aliphatic carbocycles. The molecule has 2 aliphatic heterocycles. The molecule has 1 aromatic rings. The molecule has 2 aliphatic rings. The molecule has 0 aromatic carbocycles. The fourth-order valence-corrected chi connectivity index (χ4v) is 2.59. The van der Waals surface area contributed by atoms with Crippen LogP contribution in [0.25, 0.3) is 0 Å². The highest BCUT2D eigenvalue weighted by Gasteiger charge is 2.20. The molecule has 0 amide bonds. The van der Waals surface area contributed by atoms with Crippen molar-refractivity contribution in [3.05, 3.63) is 54.1 Å². The average Bonchev–Trinajstić information content (AvgIpc) is 2.87. The summed E-state index contributed by atoms with van der Waals surface area (Å²) >= 11 is 0. The molecular formula is C15H20N4. The predicted octanol–water partition coefficient (Wildman–Crippen LogP) is 1.33. The number of nitrogens with two attached hydrogens (primary N) is 1. The van der Waals surface area contributed by atoms with Gasteiger partial charge in [-0.15, -0.1) is 0 Å².